The highest BCUT2D eigenvalue weighted by Gasteiger charge is 2.36. The zero-order chi connectivity index (χ0) is 17.0. The lowest BCUT2D eigenvalue weighted by molar-refractivity contribution is -0.139. The molecule has 0 spiro atoms. The molecule has 120 valence electrons. The number of benzene rings is 1. The maximum atomic E-state index is 12.4. The van der Waals surface area contributed by atoms with E-state index in [1.165, 1.54) is 12.1 Å². The monoisotopic (exact) mass is 314 g/mol. The highest BCUT2D eigenvalue weighted by molar-refractivity contribution is 5.92. The first kappa shape index (κ1) is 16.4. The fourth-order valence-corrected chi connectivity index (χ4v) is 2.51. The molecule has 0 fully saturated rings. The highest BCUT2D eigenvalue weighted by Crippen LogP contribution is 2.40. The first-order valence-corrected chi connectivity index (χ1v) is 7.30. The molecular formula is C17H18N2O4. The van der Waals surface area contributed by atoms with Crippen LogP contribution in [0.1, 0.15) is 31.7 Å². The average molecular weight is 314 g/mol. The smallest absolute Gasteiger partial charge is 0.338 e. The number of nitrogens with two attached hydrogens (primary N) is 1. The summed E-state index contributed by atoms with van der Waals surface area (Å²) in [5, 5.41) is 18.9. The normalized spacial score (nSPS) is 17.5. The van der Waals surface area contributed by atoms with Crippen molar-refractivity contribution in [2.75, 3.05) is 6.61 Å². The van der Waals surface area contributed by atoms with Gasteiger partial charge in [0.05, 0.1) is 18.1 Å². The third-order valence-corrected chi connectivity index (χ3v) is 3.54. The fraction of sp³-hybridized carbons (Fsp3) is 0.294. The Morgan fingerprint density at radius 3 is 2.57 bits per heavy atom. The van der Waals surface area contributed by atoms with Gasteiger partial charge < -0.3 is 20.3 Å². The Kier molecular flexibility index (Phi) is 4.91. The lowest BCUT2D eigenvalue weighted by Crippen LogP contribution is -2.26. The molecule has 23 heavy (non-hydrogen) atoms. The molecule has 0 saturated heterocycles. The Morgan fingerprint density at radius 2 is 2.04 bits per heavy atom. The standard InChI is InChI=1S/C17H18N2O4/c1-3-13-15(17(21)22-4-2)14(12(9-18)16(19)23-13)10-5-7-11(20)8-6-10/h5-8,14,20H,3-4,19H2,1-2H3/t14-/m1/s1. The Labute approximate surface area is 134 Å². The molecule has 0 amide bonds. The van der Waals surface area contributed by atoms with E-state index >= 15 is 0 Å². The van der Waals surface area contributed by atoms with Gasteiger partial charge in [0.1, 0.15) is 23.2 Å². The van der Waals surface area contributed by atoms with Crippen molar-refractivity contribution >= 4 is 5.97 Å². The van der Waals surface area contributed by atoms with Gasteiger partial charge in [-0.05, 0) is 24.6 Å². The van der Waals surface area contributed by atoms with Crippen LogP contribution in [0, 0.1) is 11.3 Å². The third kappa shape index (κ3) is 3.14. The fourth-order valence-electron chi connectivity index (χ4n) is 2.51. The van der Waals surface area contributed by atoms with Crippen LogP contribution in [0.25, 0.3) is 0 Å². The largest absolute Gasteiger partial charge is 0.508 e. The van der Waals surface area contributed by atoms with E-state index in [9.17, 15) is 15.2 Å². The van der Waals surface area contributed by atoms with Crippen molar-refractivity contribution < 1.29 is 19.4 Å². The second-order valence-electron chi connectivity index (χ2n) is 4.93. The minimum absolute atomic E-state index is 0.0181. The molecule has 0 bridgehead atoms. The van der Waals surface area contributed by atoms with Crippen LogP contribution in [0.3, 0.4) is 0 Å². The molecule has 3 N–H and O–H groups in total. The average Bonchev–Trinajstić information content (AvgIpc) is 2.54. The van der Waals surface area contributed by atoms with Crippen LogP contribution in [0.4, 0.5) is 0 Å². The molecule has 1 aromatic carbocycles. The van der Waals surface area contributed by atoms with Gasteiger partial charge in [0.2, 0.25) is 5.88 Å². The van der Waals surface area contributed by atoms with E-state index in [1.54, 1.807) is 19.1 Å². The summed E-state index contributed by atoms with van der Waals surface area (Å²) >= 11 is 0. The third-order valence-electron chi connectivity index (χ3n) is 3.54. The van der Waals surface area contributed by atoms with Crippen LogP contribution in [0.2, 0.25) is 0 Å². The molecule has 0 unspecified atom stereocenters. The van der Waals surface area contributed by atoms with E-state index in [0.717, 1.165) is 0 Å². The molecule has 1 aliphatic rings. The van der Waals surface area contributed by atoms with E-state index in [0.29, 0.717) is 17.7 Å². The van der Waals surface area contributed by atoms with Gasteiger partial charge >= 0.3 is 5.97 Å². The minimum Gasteiger partial charge on any atom is -0.508 e. The first-order chi connectivity index (χ1) is 11.0. The summed E-state index contributed by atoms with van der Waals surface area (Å²) < 4.78 is 10.6. The van der Waals surface area contributed by atoms with Crippen LogP contribution in [0.5, 0.6) is 5.75 Å². The minimum atomic E-state index is -0.677. The van der Waals surface area contributed by atoms with Gasteiger partial charge in [-0.15, -0.1) is 0 Å². The van der Waals surface area contributed by atoms with Crippen LogP contribution < -0.4 is 5.73 Å². The van der Waals surface area contributed by atoms with Gasteiger partial charge in [-0.2, -0.15) is 5.26 Å². The van der Waals surface area contributed by atoms with Gasteiger partial charge in [0, 0.05) is 6.42 Å². The highest BCUT2D eigenvalue weighted by atomic mass is 16.5. The van der Waals surface area contributed by atoms with Crippen molar-refractivity contribution in [3.63, 3.8) is 0 Å². The zero-order valence-electron chi connectivity index (χ0n) is 13.0. The summed E-state index contributed by atoms with van der Waals surface area (Å²) in [6.45, 7) is 3.74. The SMILES string of the molecule is CCOC(=O)C1=C(CC)OC(N)=C(C#N)[C@H]1c1ccc(O)cc1. The molecule has 6 nitrogen and oxygen atoms in total. The summed E-state index contributed by atoms with van der Waals surface area (Å²) in [5.41, 5.74) is 6.92. The first-order valence-electron chi connectivity index (χ1n) is 7.30. The number of hydrogen-bond acceptors (Lipinski definition) is 6. The van der Waals surface area contributed by atoms with Gasteiger partial charge in [0.15, 0.2) is 0 Å². The lowest BCUT2D eigenvalue weighted by atomic mass is 9.82. The number of nitriles is 1. The van der Waals surface area contributed by atoms with E-state index in [4.69, 9.17) is 15.2 Å². The number of hydrogen-bond donors (Lipinski definition) is 2. The molecule has 2 rings (SSSR count). The molecule has 1 atom stereocenters. The topological polar surface area (TPSA) is 106 Å². The summed E-state index contributed by atoms with van der Waals surface area (Å²) in [5.74, 6) is -0.756. The van der Waals surface area contributed by atoms with Crippen molar-refractivity contribution in [1.29, 1.82) is 5.26 Å². The number of phenolic OH excluding ortho intramolecular Hbond substituents is 1. The molecule has 1 heterocycles. The lowest BCUT2D eigenvalue weighted by Gasteiger charge is -2.27. The summed E-state index contributed by atoms with van der Waals surface area (Å²) in [6.07, 6.45) is 0.433. The van der Waals surface area contributed by atoms with Crippen molar-refractivity contribution in [2.24, 2.45) is 5.73 Å². The quantitative estimate of drug-likeness (QED) is 0.827. The number of nitrogens with zero attached hydrogens (tertiary/aromatic N) is 1. The molecule has 0 aliphatic carbocycles. The zero-order valence-corrected chi connectivity index (χ0v) is 13.0. The van der Waals surface area contributed by atoms with E-state index in [1.807, 2.05) is 13.0 Å². The van der Waals surface area contributed by atoms with Gasteiger partial charge in [0.25, 0.3) is 0 Å². The van der Waals surface area contributed by atoms with E-state index in [-0.39, 0.29) is 29.4 Å². The maximum Gasteiger partial charge on any atom is 0.338 e. The van der Waals surface area contributed by atoms with Crippen LogP contribution >= 0.6 is 0 Å². The molecule has 1 aliphatic heterocycles. The van der Waals surface area contributed by atoms with E-state index < -0.39 is 11.9 Å². The van der Waals surface area contributed by atoms with Crippen LogP contribution in [-0.2, 0) is 14.3 Å². The maximum absolute atomic E-state index is 12.4. The van der Waals surface area contributed by atoms with Gasteiger partial charge in [-0.1, -0.05) is 19.1 Å². The van der Waals surface area contributed by atoms with Gasteiger partial charge in [-0.3, -0.25) is 0 Å². The number of carbonyl (C=O) groups excluding carboxylic acids is 1. The number of aromatic hydroxyl groups is 1. The van der Waals surface area contributed by atoms with Crippen LogP contribution in [-0.4, -0.2) is 17.7 Å². The summed E-state index contributed by atoms with van der Waals surface area (Å²) in [7, 11) is 0. The molecule has 6 heteroatoms. The Balaban J connectivity index is 2.63. The Hall–Kier alpha value is -2.94. The van der Waals surface area contributed by atoms with Crippen LogP contribution in [0.15, 0.2) is 47.1 Å². The van der Waals surface area contributed by atoms with Crippen molar-refractivity contribution in [3.8, 4) is 11.8 Å². The number of allylic oxidation sites excluding steroid dienone is 2. The Bertz CT molecular complexity index is 711. The molecule has 0 aromatic heterocycles. The van der Waals surface area contributed by atoms with Crippen molar-refractivity contribution in [3.05, 3.63) is 52.6 Å². The number of carbonyl (C=O) groups is 1. The molecular weight excluding hydrogens is 296 g/mol. The van der Waals surface area contributed by atoms with Crippen molar-refractivity contribution in [2.45, 2.75) is 26.2 Å². The Morgan fingerprint density at radius 1 is 1.39 bits per heavy atom. The number of rotatable bonds is 4. The summed E-state index contributed by atoms with van der Waals surface area (Å²) in [4.78, 5) is 12.4. The molecule has 1 aromatic rings. The van der Waals surface area contributed by atoms with Gasteiger partial charge in [-0.25, -0.2) is 4.79 Å². The number of phenols is 1. The predicted octanol–water partition coefficient (Wildman–Crippen LogP) is 2.43. The number of esters is 1. The predicted molar refractivity (Wildman–Crippen MR) is 82.7 cm³/mol. The van der Waals surface area contributed by atoms with Crippen molar-refractivity contribution in [1.82, 2.24) is 0 Å². The molecule has 0 saturated carbocycles. The second-order valence-corrected chi connectivity index (χ2v) is 4.93. The van der Waals surface area contributed by atoms with E-state index in [2.05, 4.69) is 0 Å². The number of ether oxygens (including phenoxy) is 2. The second kappa shape index (κ2) is 6.88. The molecule has 0 radical (unpaired) electrons. The summed E-state index contributed by atoms with van der Waals surface area (Å²) in [6, 6.07) is 8.28.